The maximum absolute atomic E-state index is 11.9. The predicted molar refractivity (Wildman–Crippen MR) is 73.5 cm³/mol. The number of carbonyl (C=O) groups is 2. The Morgan fingerprint density at radius 1 is 1.24 bits per heavy atom. The number of rotatable bonds is 8. The minimum absolute atomic E-state index is 0.00777. The number of carboxylic acids is 1. The van der Waals surface area contributed by atoms with Gasteiger partial charge in [-0.3, -0.25) is 9.59 Å². The van der Waals surface area contributed by atoms with Crippen LogP contribution in [0, 0.1) is 0 Å². The number of carboxylic acid groups (broad SMARTS) is 1. The van der Waals surface area contributed by atoms with Crippen molar-refractivity contribution in [2.75, 3.05) is 26.8 Å². The van der Waals surface area contributed by atoms with Crippen molar-refractivity contribution in [2.45, 2.75) is 4.90 Å². The number of nitrogens with one attached hydrogen (secondary N) is 2. The van der Waals surface area contributed by atoms with Gasteiger partial charge in [0.2, 0.25) is 10.0 Å². The molecule has 21 heavy (non-hydrogen) atoms. The molecule has 0 heterocycles. The third-order valence-electron chi connectivity index (χ3n) is 2.43. The first-order valence-corrected chi connectivity index (χ1v) is 7.44. The molecular weight excluding hydrogens is 300 g/mol. The highest BCUT2D eigenvalue weighted by Crippen LogP contribution is 2.10. The zero-order chi connectivity index (χ0) is 15.9. The molecule has 0 aliphatic rings. The minimum Gasteiger partial charge on any atom is -0.480 e. The molecule has 116 valence electrons. The molecule has 0 aliphatic heterocycles. The van der Waals surface area contributed by atoms with Crippen LogP contribution in [-0.2, 0) is 19.6 Å². The van der Waals surface area contributed by atoms with Gasteiger partial charge in [0.1, 0.15) is 6.54 Å². The van der Waals surface area contributed by atoms with Gasteiger partial charge in [-0.05, 0) is 24.3 Å². The SMILES string of the molecule is COCCNS(=O)(=O)c1ccc(C(=O)NCC(=O)O)cc1. The Labute approximate surface area is 122 Å². The van der Waals surface area contributed by atoms with Gasteiger partial charge in [-0.1, -0.05) is 0 Å². The second kappa shape index (κ2) is 7.72. The van der Waals surface area contributed by atoms with E-state index >= 15 is 0 Å². The fourth-order valence-corrected chi connectivity index (χ4v) is 2.42. The lowest BCUT2D eigenvalue weighted by Gasteiger charge is -2.07. The van der Waals surface area contributed by atoms with Crippen molar-refractivity contribution in [1.82, 2.24) is 10.0 Å². The lowest BCUT2D eigenvalue weighted by molar-refractivity contribution is -0.135. The van der Waals surface area contributed by atoms with Crippen LogP contribution in [-0.4, -0.2) is 52.2 Å². The van der Waals surface area contributed by atoms with E-state index in [4.69, 9.17) is 9.84 Å². The van der Waals surface area contributed by atoms with E-state index in [0.717, 1.165) is 0 Å². The molecule has 1 rings (SSSR count). The molecule has 0 spiro atoms. The van der Waals surface area contributed by atoms with E-state index in [2.05, 4.69) is 10.0 Å². The highest BCUT2D eigenvalue weighted by molar-refractivity contribution is 7.89. The Balaban J connectivity index is 2.73. The molecule has 0 radical (unpaired) electrons. The van der Waals surface area contributed by atoms with E-state index in [1.165, 1.54) is 31.4 Å². The van der Waals surface area contributed by atoms with Gasteiger partial charge in [-0.2, -0.15) is 0 Å². The Bertz CT molecular complexity index is 597. The average molecular weight is 316 g/mol. The number of sulfonamides is 1. The summed E-state index contributed by atoms with van der Waals surface area (Å²) in [7, 11) is -2.20. The smallest absolute Gasteiger partial charge is 0.322 e. The van der Waals surface area contributed by atoms with Gasteiger partial charge in [-0.25, -0.2) is 13.1 Å². The average Bonchev–Trinajstić information content (AvgIpc) is 2.45. The first-order valence-electron chi connectivity index (χ1n) is 5.95. The Morgan fingerprint density at radius 3 is 2.38 bits per heavy atom. The van der Waals surface area contributed by atoms with Crippen molar-refractivity contribution in [1.29, 1.82) is 0 Å². The normalized spacial score (nSPS) is 11.1. The number of amides is 1. The molecule has 0 fully saturated rings. The fourth-order valence-electron chi connectivity index (χ4n) is 1.40. The molecular formula is C12H16N2O6S. The molecule has 8 nitrogen and oxygen atoms in total. The van der Waals surface area contributed by atoms with Gasteiger partial charge in [0.25, 0.3) is 5.91 Å². The molecule has 1 amide bonds. The van der Waals surface area contributed by atoms with Crippen LogP contribution in [0.25, 0.3) is 0 Å². The van der Waals surface area contributed by atoms with E-state index in [-0.39, 0.29) is 23.6 Å². The molecule has 1 aromatic rings. The lowest BCUT2D eigenvalue weighted by atomic mass is 10.2. The van der Waals surface area contributed by atoms with Gasteiger partial charge in [0.05, 0.1) is 11.5 Å². The summed E-state index contributed by atoms with van der Waals surface area (Å²) in [5, 5.41) is 10.6. The quantitative estimate of drug-likeness (QED) is 0.552. The van der Waals surface area contributed by atoms with Crippen LogP contribution in [0.5, 0.6) is 0 Å². The third kappa shape index (κ3) is 5.50. The molecule has 0 unspecified atom stereocenters. The molecule has 9 heteroatoms. The monoisotopic (exact) mass is 316 g/mol. The van der Waals surface area contributed by atoms with Crippen molar-refractivity contribution in [3.63, 3.8) is 0 Å². The molecule has 3 N–H and O–H groups in total. The van der Waals surface area contributed by atoms with Crippen LogP contribution in [0.1, 0.15) is 10.4 Å². The number of hydrogen-bond donors (Lipinski definition) is 3. The van der Waals surface area contributed by atoms with Gasteiger partial charge < -0.3 is 15.2 Å². The van der Waals surface area contributed by atoms with Gasteiger partial charge in [-0.15, -0.1) is 0 Å². The second-order valence-corrected chi connectivity index (χ2v) is 5.76. The summed E-state index contributed by atoms with van der Waals surface area (Å²) in [5.41, 5.74) is 0.173. The van der Waals surface area contributed by atoms with Crippen molar-refractivity contribution in [3.05, 3.63) is 29.8 Å². The minimum atomic E-state index is -3.66. The van der Waals surface area contributed by atoms with E-state index in [1.807, 2.05) is 0 Å². The standard InChI is InChI=1S/C12H16N2O6S/c1-20-7-6-14-21(18,19)10-4-2-9(3-5-10)12(17)13-8-11(15)16/h2-5,14H,6-8H2,1H3,(H,13,17)(H,15,16). The Hall–Kier alpha value is -1.97. The van der Waals surface area contributed by atoms with Crippen molar-refractivity contribution in [3.8, 4) is 0 Å². The number of methoxy groups -OCH3 is 1. The van der Waals surface area contributed by atoms with Crippen molar-refractivity contribution >= 4 is 21.9 Å². The zero-order valence-corrected chi connectivity index (χ0v) is 12.1. The highest BCUT2D eigenvalue weighted by Gasteiger charge is 2.14. The van der Waals surface area contributed by atoms with Crippen LogP contribution in [0.15, 0.2) is 29.2 Å². The Kier molecular flexibility index (Phi) is 6.28. The van der Waals surface area contributed by atoms with Crippen LogP contribution in [0.2, 0.25) is 0 Å². The van der Waals surface area contributed by atoms with E-state index in [9.17, 15) is 18.0 Å². The summed E-state index contributed by atoms with van der Waals surface area (Å²) in [6.07, 6.45) is 0. The number of hydrogen-bond acceptors (Lipinski definition) is 5. The summed E-state index contributed by atoms with van der Waals surface area (Å²) in [6, 6.07) is 5.15. The third-order valence-corrected chi connectivity index (χ3v) is 3.90. The first-order chi connectivity index (χ1) is 9.86. The van der Waals surface area contributed by atoms with E-state index in [1.54, 1.807) is 0 Å². The van der Waals surface area contributed by atoms with Crippen LogP contribution in [0.4, 0.5) is 0 Å². The van der Waals surface area contributed by atoms with Crippen molar-refractivity contribution < 1.29 is 27.9 Å². The number of benzene rings is 1. The second-order valence-electron chi connectivity index (χ2n) is 3.99. The maximum Gasteiger partial charge on any atom is 0.322 e. The van der Waals surface area contributed by atoms with E-state index in [0.29, 0.717) is 0 Å². The molecule has 0 saturated heterocycles. The molecule has 0 bridgehead atoms. The maximum atomic E-state index is 11.9. The Morgan fingerprint density at radius 2 is 1.86 bits per heavy atom. The van der Waals surface area contributed by atoms with E-state index < -0.39 is 28.4 Å². The summed E-state index contributed by atoms with van der Waals surface area (Å²) in [6.45, 7) is -0.119. The van der Waals surface area contributed by atoms with Crippen molar-refractivity contribution in [2.24, 2.45) is 0 Å². The molecule has 0 aromatic heterocycles. The number of aliphatic carboxylic acids is 1. The molecule has 1 aromatic carbocycles. The fraction of sp³-hybridized carbons (Fsp3) is 0.333. The molecule has 0 saturated carbocycles. The highest BCUT2D eigenvalue weighted by atomic mass is 32.2. The topological polar surface area (TPSA) is 122 Å². The molecule has 0 atom stereocenters. The summed E-state index contributed by atoms with van der Waals surface area (Å²) in [5.74, 6) is -1.75. The molecule has 0 aliphatic carbocycles. The lowest BCUT2D eigenvalue weighted by Crippen LogP contribution is -2.29. The summed E-state index contributed by atoms with van der Waals surface area (Å²) in [4.78, 5) is 21.9. The van der Waals surface area contributed by atoms with Crippen LogP contribution < -0.4 is 10.0 Å². The van der Waals surface area contributed by atoms with Crippen LogP contribution in [0.3, 0.4) is 0 Å². The number of carbonyl (C=O) groups excluding carboxylic acids is 1. The van der Waals surface area contributed by atoms with Gasteiger partial charge in [0.15, 0.2) is 0 Å². The summed E-state index contributed by atoms with van der Waals surface area (Å²) < 4.78 is 30.8. The van der Waals surface area contributed by atoms with Crippen LogP contribution >= 0.6 is 0 Å². The van der Waals surface area contributed by atoms with Gasteiger partial charge in [0, 0.05) is 19.2 Å². The number of ether oxygens (including phenoxy) is 1. The zero-order valence-electron chi connectivity index (χ0n) is 11.3. The summed E-state index contributed by atoms with van der Waals surface area (Å²) >= 11 is 0. The predicted octanol–water partition coefficient (Wildman–Crippen LogP) is -0.574. The van der Waals surface area contributed by atoms with Gasteiger partial charge >= 0.3 is 5.97 Å². The first kappa shape index (κ1) is 17.1. The largest absolute Gasteiger partial charge is 0.480 e.